The van der Waals surface area contributed by atoms with E-state index in [-0.39, 0.29) is 0 Å². The smallest absolute Gasteiger partial charge is 0.0897 e. The van der Waals surface area contributed by atoms with Gasteiger partial charge in [-0.25, -0.2) is 0 Å². The van der Waals surface area contributed by atoms with E-state index in [9.17, 15) is 0 Å². The second-order valence-corrected chi connectivity index (χ2v) is 3.57. The second-order valence-electron chi connectivity index (χ2n) is 3.57. The van der Waals surface area contributed by atoms with Crippen LogP contribution < -0.4 is 5.32 Å². The summed E-state index contributed by atoms with van der Waals surface area (Å²) in [4.78, 5) is 1.59. The molecule has 1 aliphatic heterocycles. The summed E-state index contributed by atoms with van der Waals surface area (Å²) in [5.74, 6) is 0.351. The first-order valence-electron chi connectivity index (χ1n) is 4.98. The lowest BCUT2D eigenvalue weighted by atomic mass is 10.0. The van der Waals surface area contributed by atoms with Crippen molar-refractivity contribution in [3.05, 3.63) is 11.9 Å². The van der Waals surface area contributed by atoms with Gasteiger partial charge in [-0.15, -0.1) is 0 Å². The number of hydrogen-bond donors (Lipinski definition) is 1. The predicted molar refractivity (Wildman–Crippen MR) is 52.0 cm³/mol. The van der Waals surface area contributed by atoms with Crippen molar-refractivity contribution >= 4 is 0 Å². The van der Waals surface area contributed by atoms with Gasteiger partial charge >= 0.3 is 0 Å². The van der Waals surface area contributed by atoms with Crippen LogP contribution in [-0.2, 0) is 11.8 Å². The molecule has 78 valence electrons. The molecule has 1 fully saturated rings. The molecule has 5 heteroatoms. The minimum absolute atomic E-state index is 0.351. The number of aryl methyl sites for hydroxylation is 1. The van der Waals surface area contributed by atoms with Crippen LogP contribution in [0.4, 0.5) is 0 Å². The third kappa shape index (κ3) is 1.78. The molecule has 0 bridgehead atoms. The molecular formula is C9H16N4O. The van der Waals surface area contributed by atoms with Gasteiger partial charge in [-0.05, 0) is 6.54 Å². The Morgan fingerprint density at radius 2 is 2.50 bits per heavy atom. The fourth-order valence-corrected chi connectivity index (χ4v) is 1.84. The molecule has 2 atom stereocenters. The van der Waals surface area contributed by atoms with E-state index in [1.54, 1.807) is 4.80 Å². The Balaban J connectivity index is 2.09. The molecule has 2 heterocycles. The molecule has 5 nitrogen and oxygen atoms in total. The van der Waals surface area contributed by atoms with Gasteiger partial charge in [-0.3, -0.25) is 0 Å². The third-order valence-electron chi connectivity index (χ3n) is 2.54. The zero-order valence-corrected chi connectivity index (χ0v) is 8.60. The van der Waals surface area contributed by atoms with Crippen molar-refractivity contribution in [2.24, 2.45) is 7.05 Å². The van der Waals surface area contributed by atoms with Gasteiger partial charge in [0.05, 0.1) is 25.1 Å². The van der Waals surface area contributed by atoms with Crippen LogP contribution >= 0.6 is 0 Å². The minimum Gasteiger partial charge on any atom is -0.379 e. The summed E-state index contributed by atoms with van der Waals surface area (Å²) in [6, 6.07) is 0.386. The molecule has 2 rings (SSSR count). The van der Waals surface area contributed by atoms with E-state index in [1.165, 1.54) is 0 Å². The average molecular weight is 196 g/mol. The van der Waals surface area contributed by atoms with E-state index in [4.69, 9.17) is 4.74 Å². The van der Waals surface area contributed by atoms with Gasteiger partial charge in [0.1, 0.15) is 0 Å². The van der Waals surface area contributed by atoms with Gasteiger partial charge < -0.3 is 10.1 Å². The summed E-state index contributed by atoms with van der Waals surface area (Å²) in [7, 11) is 1.83. The largest absolute Gasteiger partial charge is 0.379 e. The standard InChI is InChI=1S/C9H16N4O/c1-3-10-9-6-14-5-7(9)8-4-11-13(2)12-8/h4,7,9-10H,3,5-6H2,1-2H3. The minimum atomic E-state index is 0.351. The summed E-state index contributed by atoms with van der Waals surface area (Å²) >= 11 is 0. The van der Waals surface area contributed by atoms with Gasteiger partial charge in [-0.2, -0.15) is 15.0 Å². The Morgan fingerprint density at radius 3 is 3.14 bits per heavy atom. The SMILES string of the molecule is CCNC1COCC1c1cnn(C)n1. The maximum absolute atomic E-state index is 5.45. The zero-order chi connectivity index (χ0) is 9.97. The van der Waals surface area contributed by atoms with E-state index >= 15 is 0 Å². The average Bonchev–Trinajstić information content (AvgIpc) is 2.74. The van der Waals surface area contributed by atoms with E-state index in [0.717, 1.165) is 25.5 Å². The molecule has 2 unspecified atom stereocenters. The molecule has 0 radical (unpaired) electrons. The molecule has 0 spiro atoms. The number of nitrogens with one attached hydrogen (secondary N) is 1. The lowest BCUT2D eigenvalue weighted by Gasteiger charge is -2.15. The summed E-state index contributed by atoms with van der Waals surface area (Å²) < 4.78 is 5.45. The number of rotatable bonds is 3. The topological polar surface area (TPSA) is 52.0 Å². The van der Waals surface area contributed by atoms with Crippen molar-refractivity contribution in [3.8, 4) is 0 Å². The van der Waals surface area contributed by atoms with Crippen LogP contribution in [0.3, 0.4) is 0 Å². The first-order valence-corrected chi connectivity index (χ1v) is 4.98. The normalized spacial score (nSPS) is 27.0. The summed E-state index contributed by atoms with van der Waals surface area (Å²) in [5.41, 5.74) is 1.02. The quantitative estimate of drug-likeness (QED) is 0.734. The first kappa shape index (κ1) is 9.61. The molecule has 0 amide bonds. The van der Waals surface area contributed by atoms with Crippen LogP contribution in [0.1, 0.15) is 18.5 Å². The van der Waals surface area contributed by atoms with Crippen LogP contribution in [0, 0.1) is 0 Å². The van der Waals surface area contributed by atoms with Crippen LogP contribution in [0.2, 0.25) is 0 Å². The molecule has 1 aromatic rings. The van der Waals surface area contributed by atoms with Crippen LogP contribution in [0.25, 0.3) is 0 Å². The molecule has 0 saturated carbocycles. The van der Waals surface area contributed by atoms with Crippen molar-refractivity contribution in [1.82, 2.24) is 20.3 Å². The van der Waals surface area contributed by atoms with Crippen molar-refractivity contribution in [2.75, 3.05) is 19.8 Å². The third-order valence-corrected chi connectivity index (χ3v) is 2.54. The zero-order valence-electron chi connectivity index (χ0n) is 8.60. The van der Waals surface area contributed by atoms with Crippen molar-refractivity contribution in [2.45, 2.75) is 18.9 Å². The Bertz CT molecular complexity index is 299. The number of nitrogens with zero attached hydrogens (tertiary/aromatic N) is 3. The molecule has 1 N–H and O–H groups in total. The van der Waals surface area contributed by atoms with Gasteiger partial charge in [0, 0.05) is 19.0 Å². The van der Waals surface area contributed by atoms with Crippen molar-refractivity contribution < 1.29 is 4.74 Å². The molecule has 1 aliphatic rings. The Kier molecular flexibility index (Phi) is 2.79. The van der Waals surface area contributed by atoms with Crippen molar-refractivity contribution in [3.63, 3.8) is 0 Å². The van der Waals surface area contributed by atoms with Crippen LogP contribution in [0.5, 0.6) is 0 Å². The van der Waals surface area contributed by atoms with E-state index in [1.807, 2.05) is 13.2 Å². The summed E-state index contributed by atoms with van der Waals surface area (Å²) in [6.45, 7) is 4.59. The number of aromatic nitrogens is 3. The molecule has 1 saturated heterocycles. The highest BCUT2D eigenvalue weighted by Gasteiger charge is 2.30. The van der Waals surface area contributed by atoms with E-state index in [0.29, 0.717) is 12.0 Å². The first-order chi connectivity index (χ1) is 6.81. The summed E-state index contributed by atoms with van der Waals surface area (Å²) in [5, 5.41) is 11.8. The van der Waals surface area contributed by atoms with Crippen LogP contribution in [-0.4, -0.2) is 40.8 Å². The Morgan fingerprint density at radius 1 is 1.64 bits per heavy atom. The van der Waals surface area contributed by atoms with Gasteiger partial charge in [0.2, 0.25) is 0 Å². The van der Waals surface area contributed by atoms with Crippen molar-refractivity contribution in [1.29, 1.82) is 0 Å². The fraction of sp³-hybridized carbons (Fsp3) is 0.778. The maximum atomic E-state index is 5.45. The highest BCUT2D eigenvalue weighted by Crippen LogP contribution is 2.23. The number of hydrogen-bond acceptors (Lipinski definition) is 4. The molecule has 0 aromatic carbocycles. The fourth-order valence-electron chi connectivity index (χ4n) is 1.84. The maximum Gasteiger partial charge on any atom is 0.0897 e. The molecular weight excluding hydrogens is 180 g/mol. The number of likely N-dealkylation sites (N-methyl/N-ethyl adjacent to an activating group) is 1. The van der Waals surface area contributed by atoms with Gasteiger partial charge in [0.25, 0.3) is 0 Å². The lowest BCUT2D eigenvalue weighted by Crippen LogP contribution is -2.34. The Hall–Kier alpha value is -0.940. The lowest BCUT2D eigenvalue weighted by molar-refractivity contribution is 0.187. The van der Waals surface area contributed by atoms with E-state index in [2.05, 4.69) is 22.4 Å². The Labute approximate surface area is 83.4 Å². The summed E-state index contributed by atoms with van der Waals surface area (Å²) in [6.07, 6.45) is 1.82. The highest BCUT2D eigenvalue weighted by atomic mass is 16.5. The predicted octanol–water partition coefficient (Wildman–Crippen LogP) is -0.0930. The van der Waals surface area contributed by atoms with Gasteiger partial charge in [0.15, 0.2) is 0 Å². The number of ether oxygens (including phenoxy) is 1. The van der Waals surface area contributed by atoms with Gasteiger partial charge in [-0.1, -0.05) is 6.92 Å². The molecule has 14 heavy (non-hydrogen) atoms. The molecule has 0 aliphatic carbocycles. The monoisotopic (exact) mass is 196 g/mol. The van der Waals surface area contributed by atoms with E-state index < -0.39 is 0 Å². The second kappa shape index (κ2) is 4.06. The van der Waals surface area contributed by atoms with Crippen LogP contribution in [0.15, 0.2) is 6.20 Å². The highest BCUT2D eigenvalue weighted by molar-refractivity contribution is 5.08. The molecule has 1 aromatic heterocycles.